The first-order valence-corrected chi connectivity index (χ1v) is 7.33. The van der Waals surface area contributed by atoms with Crippen molar-refractivity contribution in [2.75, 3.05) is 0 Å². The van der Waals surface area contributed by atoms with Gasteiger partial charge in [0.2, 0.25) is 0 Å². The van der Waals surface area contributed by atoms with E-state index in [0.717, 1.165) is 0 Å². The van der Waals surface area contributed by atoms with Gasteiger partial charge in [0, 0.05) is 10.9 Å². The third-order valence-corrected chi connectivity index (χ3v) is 4.69. The largest absolute Gasteiger partial charge is 0.454 e. The second-order valence-corrected chi connectivity index (χ2v) is 6.15. The lowest BCUT2D eigenvalue weighted by molar-refractivity contribution is -0.297. The van der Waals surface area contributed by atoms with Crippen LogP contribution in [0.2, 0.25) is 5.02 Å². The highest BCUT2D eigenvalue weighted by Gasteiger charge is 2.79. The molecule has 0 saturated heterocycles. The van der Waals surface area contributed by atoms with Crippen LogP contribution in [0.4, 0.5) is 22.0 Å². The summed E-state index contributed by atoms with van der Waals surface area (Å²) in [5.41, 5.74) is -1.85. The average molecular weight is 347 g/mol. The summed E-state index contributed by atoms with van der Waals surface area (Å²) >= 11 is 5.73. The van der Waals surface area contributed by atoms with Gasteiger partial charge in [-0.15, -0.1) is 0 Å². The van der Waals surface area contributed by atoms with Gasteiger partial charge in [-0.1, -0.05) is 54.1 Å². The van der Waals surface area contributed by atoms with Gasteiger partial charge >= 0.3 is 12.1 Å². The normalized spacial score (nSPS) is 24.5. The first kappa shape index (κ1) is 16.2. The summed E-state index contributed by atoms with van der Waals surface area (Å²) in [4.78, 5) is 0. The predicted molar refractivity (Wildman–Crippen MR) is 77.9 cm³/mol. The fraction of sp³-hybridized carbons (Fsp3) is 0.294. The molecule has 0 spiro atoms. The maximum Gasteiger partial charge on any atom is 0.454 e. The van der Waals surface area contributed by atoms with E-state index in [2.05, 4.69) is 0 Å². The van der Waals surface area contributed by atoms with Crippen LogP contribution >= 0.6 is 11.6 Å². The van der Waals surface area contributed by atoms with Crippen molar-refractivity contribution in [1.82, 2.24) is 0 Å². The summed E-state index contributed by atoms with van der Waals surface area (Å²) in [7, 11) is 0. The van der Waals surface area contributed by atoms with Gasteiger partial charge in [-0.3, -0.25) is 0 Å². The topological polar surface area (TPSA) is 0 Å². The standard InChI is InChI=1S/C17H12ClF5/c18-13-8-6-12(7-9-13)15(16(19,20)17(21,22)23)10-14(15)11-4-2-1-3-5-11/h1-9,14H,10H2/t14-,15-/m0/s1. The van der Waals surface area contributed by atoms with Gasteiger partial charge in [0.25, 0.3) is 0 Å². The molecule has 2 aromatic carbocycles. The molecule has 2 atom stereocenters. The Morgan fingerprint density at radius 1 is 0.870 bits per heavy atom. The van der Waals surface area contributed by atoms with Crippen molar-refractivity contribution < 1.29 is 22.0 Å². The Hall–Kier alpha value is -1.62. The molecule has 1 aliphatic rings. The van der Waals surface area contributed by atoms with Gasteiger partial charge in [0.15, 0.2) is 0 Å². The maximum atomic E-state index is 14.3. The minimum atomic E-state index is -5.61. The van der Waals surface area contributed by atoms with E-state index >= 15 is 0 Å². The van der Waals surface area contributed by atoms with Gasteiger partial charge in [-0.2, -0.15) is 22.0 Å². The number of hydrogen-bond donors (Lipinski definition) is 0. The molecule has 0 radical (unpaired) electrons. The smallest absolute Gasteiger partial charge is 0.195 e. The summed E-state index contributed by atoms with van der Waals surface area (Å²) in [5.74, 6) is -5.71. The van der Waals surface area contributed by atoms with Crippen molar-refractivity contribution in [2.45, 2.75) is 29.9 Å². The highest BCUT2D eigenvalue weighted by molar-refractivity contribution is 6.30. The summed E-state index contributed by atoms with van der Waals surface area (Å²) < 4.78 is 67.8. The van der Waals surface area contributed by atoms with Crippen molar-refractivity contribution in [3.63, 3.8) is 0 Å². The number of halogens is 6. The molecule has 122 valence electrons. The molecule has 0 nitrogen and oxygen atoms in total. The Morgan fingerprint density at radius 3 is 1.96 bits per heavy atom. The van der Waals surface area contributed by atoms with E-state index in [4.69, 9.17) is 11.6 Å². The van der Waals surface area contributed by atoms with E-state index < -0.39 is 23.4 Å². The molecular weight excluding hydrogens is 335 g/mol. The van der Waals surface area contributed by atoms with Crippen LogP contribution in [0.3, 0.4) is 0 Å². The quantitative estimate of drug-likeness (QED) is 0.601. The van der Waals surface area contributed by atoms with Gasteiger partial charge in [-0.05, 0) is 29.7 Å². The molecule has 0 amide bonds. The Balaban J connectivity index is 2.12. The first-order valence-electron chi connectivity index (χ1n) is 6.96. The maximum absolute atomic E-state index is 14.3. The van der Waals surface area contributed by atoms with Crippen molar-refractivity contribution >= 4 is 11.6 Å². The molecule has 3 rings (SSSR count). The first-order chi connectivity index (χ1) is 10.7. The molecule has 0 unspecified atom stereocenters. The second kappa shape index (κ2) is 5.20. The predicted octanol–water partition coefficient (Wildman–Crippen LogP) is 5.96. The lowest BCUT2D eigenvalue weighted by Gasteiger charge is -2.30. The minimum Gasteiger partial charge on any atom is -0.195 e. The summed E-state index contributed by atoms with van der Waals surface area (Å²) in [5, 5.41) is 0.288. The van der Waals surface area contributed by atoms with Gasteiger partial charge in [0.1, 0.15) is 0 Å². The number of hydrogen-bond acceptors (Lipinski definition) is 0. The van der Waals surface area contributed by atoms with E-state index in [1.165, 1.54) is 24.3 Å². The molecule has 0 bridgehead atoms. The molecule has 0 aliphatic heterocycles. The average Bonchev–Trinajstić information content (AvgIpc) is 3.25. The van der Waals surface area contributed by atoms with Crippen molar-refractivity contribution in [3.05, 3.63) is 70.7 Å². The van der Waals surface area contributed by atoms with Crippen molar-refractivity contribution in [2.24, 2.45) is 0 Å². The Labute approximate surface area is 134 Å². The lowest BCUT2D eigenvalue weighted by Crippen LogP contribution is -2.48. The van der Waals surface area contributed by atoms with Crippen molar-refractivity contribution in [3.8, 4) is 0 Å². The summed E-state index contributed by atoms with van der Waals surface area (Å²) in [6.07, 6.45) is -5.87. The number of benzene rings is 2. The van der Waals surface area contributed by atoms with Crippen LogP contribution in [0.1, 0.15) is 23.5 Å². The van der Waals surface area contributed by atoms with Gasteiger partial charge in [0.05, 0.1) is 5.41 Å². The highest BCUT2D eigenvalue weighted by atomic mass is 35.5. The molecule has 1 saturated carbocycles. The second-order valence-electron chi connectivity index (χ2n) is 5.72. The van der Waals surface area contributed by atoms with Crippen LogP contribution in [0, 0.1) is 0 Å². The Kier molecular flexibility index (Phi) is 3.67. The molecule has 1 fully saturated rings. The fourth-order valence-corrected chi connectivity index (χ4v) is 3.32. The molecule has 0 N–H and O–H groups in total. The minimum absolute atomic E-state index is 0.0434. The number of alkyl halides is 5. The molecule has 6 heteroatoms. The van der Waals surface area contributed by atoms with Crippen molar-refractivity contribution in [1.29, 1.82) is 0 Å². The zero-order chi connectivity index (χ0) is 16.9. The van der Waals surface area contributed by atoms with Crippen LogP contribution in [0.15, 0.2) is 54.6 Å². The van der Waals surface area contributed by atoms with Gasteiger partial charge < -0.3 is 0 Å². The Bertz CT molecular complexity index is 693. The fourth-order valence-electron chi connectivity index (χ4n) is 3.20. The van der Waals surface area contributed by atoms with E-state index in [1.54, 1.807) is 30.3 Å². The van der Waals surface area contributed by atoms with E-state index in [9.17, 15) is 22.0 Å². The van der Waals surface area contributed by atoms with Gasteiger partial charge in [-0.25, -0.2) is 0 Å². The van der Waals surface area contributed by atoms with Crippen LogP contribution in [-0.2, 0) is 5.41 Å². The summed E-state index contributed by atoms with van der Waals surface area (Å²) in [6.45, 7) is 0. The highest BCUT2D eigenvalue weighted by Crippen LogP contribution is 2.70. The molecule has 0 heterocycles. The molecule has 2 aromatic rings. The molecular formula is C17H12ClF5. The van der Waals surface area contributed by atoms with E-state index in [-0.39, 0.29) is 17.0 Å². The third kappa shape index (κ3) is 2.42. The van der Waals surface area contributed by atoms with Crippen LogP contribution in [0.25, 0.3) is 0 Å². The summed E-state index contributed by atoms with van der Waals surface area (Å²) in [6, 6.07) is 13.3. The molecule has 0 aromatic heterocycles. The van der Waals surface area contributed by atoms with Crippen LogP contribution < -0.4 is 0 Å². The molecule has 1 aliphatic carbocycles. The zero-order valence-corrected chi connectivity index (χ0v) is 12.5. The Morgan fingerprint density at radius 2 is 1.43 bits per heavy atom. The monoisotopic (exact) mass is 346 g/mol. The number of rotatable bonds is 3. The van der Waals surface area contributed by atoms with E-state index in [0.29, 0.717) is 5.56 Å². The molecule has 23 heavy (non-hydrogen) atoms. The lowest BCUT2D eigenvalue weighted by atomic mass is 9.84. The van der Waals surface area contributed by atoms with Crippen LogP contribution in [-0.4, -0.2) is 12.1 Å². The SMILES string of the molecule is FC(F)(F)C(F)(F)[C@]1(c2ccc(Cl)cc2)C[C@H]1c1ccccc1. The zero-order valence-electron chi connectivity index (χ0n) is 11.7. The van der Waals surface area contributed by atoms with E-state index in [1.807, 2.05) is 0 Å². The third-order valence-electron chi connectivity index (χ3n) is 4.44. The van der Waals surface area contributed by atoms with Crippen LogP contribution in [0.5, 0.6) is 0 Å².